The van der Waals surface area contributed by atoms with E-state index in [9.17, 15) is 9.59 Å². The number of anilines is 1. The Morgan fingerprint density at radius 3 is 2.35 bits per heavy atom. The van der Waals surface area contributed by atoms with Gasteiger partial charge in [0.25, 0.3) is 5.91 Å². The smallest absolute Gasteiger partial charge is 0.306 e. The Labute approximate surface area is 153 Å². The number of hydrogen-bond donors (Lipinski definition) is 1. The zero-order chi connectivity index (χ0) is 19.3. The lowest BCUT2D eigenvalue weighted by Crippen LogP contribution is -2.21. The third kappa shape index (κ3) is 5.44. The maximum Gasteiger partial charge on any atom is 0.306 e. The Balaban J connectivity index is 1.77. The van der Waals surface area contributed by atoms with Crippen LogP contribution in [0.1, 0.15) is 49.8 Å². The van der Waals surface area contributed by atoms with Crippen molar-refractivity contribution in [3.05, 3.63) is 46.8 Å². The van der Waals surface area contributed by atoms with Crippen molar-refractivity contribution >= 4 is 17.6 Å². The van der Waals surface area contributed by atoms with Gasteiger partial charge >= 0.3 is 5.97 Å². The second-order valence-electron chi connectivity index (χ2n) is 7.34. The summed E-state index contributed by atoms with van der Waals surface area (Å²) in [7, 11) is 0. The molecule has 0 saturated carbocycles. The molecule has 6 nitrogen and oxygen atoms in total. The van der Waals surface area contributed by atoms with Crippen molar-refractivity contribution in [2.24, 2.45) is 0 Å². The minimum atomic E-state index is -0.428. The third-order valence-corrected chi connectivity index (χ3v) is 4.16. The van der Waals surface area contributed by atoms with Gasteiger partial charge in [-0.3, -0.25) is 9.59 Å². The average molecular weight is 358 g/mol. The van der Waals surface area contributed by atoms with Crippen molar-refractivity contribution in [3.8, 4) is 0 Å². The second-order valence-corrected chi connectivity index (χ2v) is 7.34. The van der Waals surface area contributed by atoms with Gasteiger partial charge in [-0.25, -0.2) is 0 Å². The van der Waals surface area contributed by atoms with Crippen LogP contribution in [-0.2, 0) is 26.2 Å². The molecule has 0 unspecified atom stereocenters. The van der Waals surface area contributed by atoms with Crippen molar-refractivity contribution in [3.63, 3.8) is 0 Å². The Kier molecular flexibility index (Phi) is 6.18. The number of nitrogens with zero attached hydrogens (tertiary/aromatic N) is 1. The van der Waals surface area contributed by atoms with Crippen LogP contribution in [0.3, 0.4) is 0 Å². The van der Waals surface area contributed by atoms with Crippen LogP contribution in [0.25, 0.3) is 0 Å². The van der Waals surface area contributed by atoms with Crippen LogP contribution in [0, 0.1) is 13.8 Å². The molecule has 2 aromatic rings. The number of hydrogen-bond acceptors (Lipinski definition) is 5. The first-order valence-corrected chi connectivity index (χ1v) is 8.64. The van der Waals surface area contributed by atoms with Gasteiger partial charge in [-0.15, -0.1) is 0 Å². The van der Waals surface area contributed by atoms with Crippen molar-refractivity contribution in [1.29, 1.82) is 0 Å². The fourth-order valence-electron chi connectivity index (χ4n) is 2.55. The number of amides is 1. The van der Waals surface area contributed by atoms with Crippen molar-refractivity contribution in [1.82, 2.24) is 5.16 Å². The van der Waals surface area contributed by atoms with E-state index in [1.54, 1.807) is 6.92 Å². The fourth-order valence-corrected chi connectivity index (χ4v) is 2.55. The maximum atomic E-state index is 11.9. The Bertz CT molecular complexity index is 751. The first-order valence-electron chi connectivity index (χ1n) is 8.64. The summed E-state index contributed by atoms with van der Waals surface area (Å²) >= 11 is 0. The van der Waals surface area contributed by atoms with Gasteiger partial charge in [0.1, 0.15) is 5.76 Å². The Morgan fingerprint density at radius 2 is 1.81 bits per heavy atom. The molecule has 1 heterocycles. The molecule has 0 bridgehead atoms. The molecular weight excluding hydrogens is 332 g/mol. The van der Waals surface area contributed by atoms with E-state index >= 15 is 0 Å². The summed E-state index contributed by atoms with van der Waals surface area (Å²) in [6.45, 7) is 9.71. The summed E-state index contributed by atoms with van der Waals surface area (Å²) in [6, 6.07) is 7.64. The minimum absolute atomic E-state index is 0.0548. The van der Waals surface area contributed by atoms with E-state index in [1.165, 1.54) is 5.56 Å². The van der Waals surface area contributed by atoms with Crippen molar-refractivity contribution < 1.29 is 18.8 Å². The average Bonchev–Trinajstić information content (AvgIpc) is 2.89. The highest BCUT2D eigenvalue weighted by molar-refractivity contribution is 5.92. The number of ether oxygens (including phenoxy) is 1. The first kappa shape index (κ1) is 19.7. The normalized spacial score (nSPS) is 11.3. The molecule has 1 N–H and O–H groups in total. The number of aryl methyl sites for hydroxylation is 2. The summed E-state index contributed by atoms with van der Waals surface area (Å²) in [4.78, 5) is 23.7. The molecule has 0 fully saturated rings. The van der Waals surface area contributed by atoms with E-state index in [2.05, 4.69) is 31.2 Å². The summed E-state index contributed by atoms with van der Waals surface area (Å²) in [5, 5.41) is 6.57. The highest BCUT2D eigenvalue weighted by Crippen LogP contribution is 2.23. The van der Waals surface area contributed by atoms with Crippen molar-refractivity contribution in [2.75, 3.05) is 11.9 Å². The molecule has 1 aromatic heterocycles. The topological polar surface area (TPSA) is 81.4 Å². The molecule has 1 amide bonds. The predicted octanol–water partition coefficient (Wildman–Crippen LogP) is 3.70. The molecule has 0 aliphatic rings. The van der Waals surface area contributed by atoms with E-state index in [1.807, 2.05) is 31.2 Å². The molecule has 0 spiro atoms. The van der Waals surface area contributed by atoms with Crippen LogP contribution < -0.4 is 5.32 Å². The monoisotopic (exact) mass is 358 g/mol. The molecule has 26 heavy (non-hydrogen) atoms. The quantitative estimate of drug-likeness (QED) is 0.796. The number of carbonyl (C=O) groups excluding carboxylic acids is 2. The molecule has 6 heteroatoms. The third-order valence-electron chi connectivity index (χ3n) is 4.16. The number of nitrogens with one attached hydrogen (secondary N) is 1. The van der Waals surface area contributed by atoms with Gasteiger partial charge in [0.2, 0.25) is 0 Å². The summed E-state index contributed by atoms with van der Waals surface area (Å²) in [5.41, 5.74) is 3.59. The van der Waals surface area contributed by atoms with Gasteiger partial charge in [0.15, 0.2) is 6.61 Å². The van der Waals surface area contributed by atoms with Crippen LogP contribution >= 0.6 is 0 Å². The molecule has 0 saturated heterocycles. The van der Waals surface area contributed by atoms with Crippen LogP contribution in [0.2, 0.25) is 0 Å². The van der Waals surface area contributed by atoms with Crippen molar-refractivity contribution in [2.45, 2.75) is 52.9 Å². The van der Waals surface area contributed by atoms with Crippen LogP contribution in [0.5, 0.6) is 0 Å². The molecule has 1 aromatic carbocycles. The van der Waals surface area contributed by atoms with E-state index in [0.717, 1.165) is 11.3 Å². The fraction of sp³-hybridized carbons (Fsp3) is 0.450. The van der Waals surface area contributed by atoms with E-state index in [0.29, 0.717) is 17.9 Å². The lowest BCUT2D eigenvalue weighted by Gasteiger charge is -2.19. The predicted molar refractivity (Wildman–Crippen MR) is 99.0 cm³/mol. The summed E-state index contributed by atoms with van der Waals surface area (Å²) < 4.78 is 10.1. The summed E-state index contributed by atoms with van der Waals surface area (Å²) in [5.74, 6) is -0.0887. The molecule has 0 radical (unpaired) electrons. The SMILES string of the molecule is Cc1noc(C)c1CCC(=O)OCC(=O)Nc1ccc(C(C)(C)C)cc1. The molecule has 0 atom stereocenters. The van der Waals surface area contributed by atoms with Crippen LogP contribution in [-0.4, -0.2) is 23.6 Å². The van der Waals surface area contributed by atoms with Gasteiger partial charge in [-0.1, -0.05) is 38.1 Å². The maximum absolute atomic E-state index is 11.9. The standard InChI is InChI=1S/C20H26N2O4/c1-13-17(14(2)26-22-13)10-11-19(24)25-12-18(23)21-16-8-6-15(7-9-16)20(3,4)5/h6-9H,10-12H2,1-5H3,(H,21,23). The Hall–Kier alpha value is -2.63. The van der Waals surface area contributed by atoms with E-state index in [-0.39, 0.29) is 24.3 Å². The lowest BCUT2D eigenvalue weighted by atomic mass is 9.87. The molecule has 2 rings (SSSR count). The molecule has 0 aliphatic carbocycles. The second kappa shape index (κ2) is 8.17. The van der Waals surface area contributed by atoms with Gasteiger partial charge < -0.3 is 14.6 Å². The lowest BCUT2D eigenvalue weighted by molar-refractivity contribution is -0.147. The molecule has 0 aliphatic heterocycles. The largest absolute Gasteiger partial charge is 0.456 e. The van der Waals surface area contributed by atoms with E-state index < -0.39 is 5.97 Å². The highest BCUT2D eigenvalue weighted by atomic mass is 16.5. The van der Waals surface area contributed by atoms with E-state index in [4.69, 9.17) is 9.26 Å². The summed E-state index contributed by atoms with van der Waals surface area (Å²) in [6.07, 6.45) is 0.659. The van der Waals surface area contributed by atoms with Crippen LogP contribution in [0.4, 0.5) is 5.69 Å². The number of rotatable bonds is 6. The van der Waals surface area contributed by atoms with Crippen LogP contribution in [0.15, 0.2) is 28.8 Å². The molecule has 140 valence electrons. The van der Waals surface area contributed by atoms with Gasteiger partial charge in [0, 0.05) is 17.7 Å². The number of carbonyl (C=O) groups is 2. The zero-order valence-electron chi connectivity index (χ0n) is 16.0. The number of benzene rings is 1. The number of esters is 1. The van der Waals surface area contributed by atoms with Gasteiger partial charge in [0.05, 0.1) is 5.69 Å². The van der Waals surface area contributed by atoms with Gasteiger partial charge in [-0.2, -0.15) is 0 Å². The first-order chi connectivity index (χ1) is 12.2. The Morgan fingerprint density at radius 1 is 1.15 bits per heavy atom. The zero-order valence-corrected chi connectivity index (χ0v) is 16.0. The number of aromatic nitrogens is 1. The molecular formula is C20H26N2O4. The van der Waals surface area contributed by atoms with Gasteiger partial charge in [-0.05, 0) is 43.4 Å². The minimum Gasteiger partial charge on any atom is -0.456 e. The highest BCUT2D eigenvalue weighted by Gasteiger charge is 2.15.